The molecule has 118 valence electrons. The molecule has 0 unspecified atom stereocenters. The molecule has 1 atom stereocenters. The minimum atomic E-state index is -0.780. The van der Waals surface area contributed by atoms with E-state index in [1.54, 1.807) is 17.2 Å². The lowest BCUT2D eigenvalue weighted by Crippen LogP contribution is -2.55. The molecule has 1 N–H and O–H groups in total. The summed E-state index contributed by atoms with van der Waals surface area (Å²) < 4.78 is 5.57. The number of allylic oxidation sites excluding steroid dienone is 1. The lowest BCUT2D eigenvalue weighted by molar-refractivity contribution is -0.146. The van der Waals surface area contributed by atoms with Crippen LogP contribution in [0.4, 0.5) is 0 Å². The van der Waals surface area contributed by atoms with Crippen molar-refractivity contribution in [3.05, 3.63) is 36.5 Å². The van der Waals surface area contributed by atoms with Gasteiger partial charge in [-0.1, -0.05) is 18.2 Å². The number of amides is 1. The molecule has 1 fully saturated rings. The van der Waals surface area contributed by atoms with Crippen LogP contribution < -0.4 is 4.74 Å². The molecular formula is C16H20N2O4. The molecule has 0 radical (unpaired) electrons. The Morgan fingerprint density at radius 1 is 1.45 bits per heavy atom. The molecule has 2 heterocycles. The Balaban J connectivity index is 1.67. The van der Waals surface area contributed by atoms with Gasteiger partial charge in [-0.25, -0.2) is 4.98 Å². The molecule has 1 aromatic heterocycles. The first-order valence-electron chi connectivity index (χ1n) is 7.37. The number of ether oxygens (including phenoxy) is 1. The average molecular weight is 304 g/mol. The highest BCUT2D eigenvalue weighted by atomic mass is 16.5. The zero-order chi connectivity index (χ0) is 15.8. The molecule has 0 aromatic carbocycles. The summed E-state index contributed by atoms with van der Waals surface area (Å²) in [7, 11) is 0. The van der Waals surface area contributed by atoms with Crippen molar-refractivity contribution >= 4 is 11.9 Å². The van der Waals surface area contributed by atoms with E-state index in [-0.39, 0.29) is 18.4 Å². The molecule has 1 amide bonds. The van der Waals surface area contributed by atoms with E-state index in [1.807, 2.05) is 24.3 Å². The van der Waals surface area contributed by atoms with Gasteiger partial charge in [0.2, 0.25) is 11.8 Å². The molecule has 0 aliphatic carbocycles. The van der Waals surface area contributed by atoms with Gasteiger partial charge >= 0.3 is 5.97 Å². The number of carbonyl (C=O) groups excluding carboxylic acids is 1. The number of carbonyl (C=O) groups is 2. The Bertz CT molecular complexity index is 530. The molecule has 1 aromatic rings. The fourth-order valence-corrected chi connectivity index (χ4v) is 2.21. The highest BCUT2D eigenvalue weighted by molar-refractivity contribution is 5.83. The van der Waals surface area contributed by atoms with Gasteiger partial charge in [0.15, 0.2) is 0 Å². The van der Waals surface area contributed by atoms with E-state index < -0.39 is 5.97 Å². The van der Waals surface area contributed by atoms with E-state index in [1.165, 1.54) is 0 Å². The largest absolute Gasteiger partial charge is 0.481 e. The van der Waals surface area contributed by atoms with E-state index in [9.17, 15) is 9.59 Å². The van der Waals surface area contributed by atoms with Crippen molar-refractivity contribution < 1.29 is 19.4 Å². The molecule has 0 spiro atoms. The molecule has 0 bridgehead atoms. The van der Waals surface area contributed by atoms with Crippen LogP contribution in [-0.2, 0) is 9.59 Å². The van der Waals surface area contributed by atoms with Crippen LogP contribution in [0.2, 0.25) is 0 Å². The maximum atomic E-state index is 11.6. The normalized spacial score (nSPS) is 17.5. The molecule has 2 rings (SSSR count). The summed E-state index contributed by atoms with van der Waals surface area (Å²) in [5, 5.41) is 8.53. The third-order valence-corrected chi connectivity index (χ3v) is 3.46. The second-order valence-corrected chi connectivity index (χ2v) is 5.14. The molecule has 6 heteroatoms. The fourth-order valence-electron chi connectivity index (χ4n) is 2.21. The maximum Gasteiger partial charge on any atom is 0.303 e. The van der Waals surface area contributed by atoms with E-state index >= 15 is 0 Å². The summed E-state index contributed by atoms with van der Waals surface area (Å²) in [6, 6.07) is 5.54. The van der Waals surface area contributed by atoms with E-state index in [2.05, 4.69) is 4.98 Å². The number of nitrogens with zero attached hydrogens (tertiary/aromatic N) is 2. The number of carboxylic acid groups (broad SMARTS) is 1. The lowest BCUT2D eigenvalue weighted by Gasteiger charge is -2.39. The van der Waals surface area contributed by atoms with Crippen LogP contribution >= 0.6 is 0 Å². The first-order valence-corrected chi connectivity index (χ1v) is 7.37. The number of pyridine rings is 1. The number of likely N-dealkylation sites (tertiary alicyclic amines) is 1. The minimum absolute atomic E-state index is 0.0816. The quantitative estimate of drug-likeness (QED) is 0.428. The minimum Gasteiger partial charge on any atom is -0.481 e. The Morgan fingerprint density at radius 3 is 3.00 bits per heavy atom. The standard InChI is InChI=1S/C16H20N2O4/c19-15-11-13(12-22-14-7-4-5-9-17-14)18(15)10-6-2-1-3-8-16(20)21/h2,4-7,9,13H,1,3,8,10-12H2,(H,20,21)/b6-2-/t13-/m1/s1. The summed E-state index contributed by atoms with van der Waals surface area (Å²) in [4.78, 5) is 27.8. The Hall–Kier alpha value is -2.37. The zero-order valence-electron chi connectivity index (χ0n) is 12.4. The number of unbranched alkanes of at least 4 members (excludes halogenated alkanes) is 1. The topological polar surface area (TPSA) is 79.7 Å². The molecule has 1 saturated heterocycles. The Labute approximate surface area is 129 Å². The van der Waals surface area contributed by atoms with Gasteiger partial charge in [0.1, 0.15) is 6.61 Å². The number of hydrogen-bond acceptors (Lipinski definition) is 4. The third kappa shape index (κ3) is 4.87. The van der Waals surface area contributed by atoms with Gasteiger partial charge in [-0.3, -0.25) is 9.59 Å². The molecule has 22 heavy (non-hydrogen) atoms. The van der Waals surface area contributed by atoms with Crippen molar-refractivity contribution in [1.29, 1.82) is 0 Å². The average Bonchev–Trinajstić information content (AvgIpc) is 2.51. The van der Waals surface area contributed by atoms with Crippen molar-refractivity contribution in [3.63, 3.8) is 0 Å². The van der Waals surface area contributed by atoms with Crippen LogP contribution in [0.15, 0.2) is 36.5 Å². The van der Waals surface area contributed by atoms with Gasteiger partial charge in [-0.05, 0) is 18.9 Å². The van der Waals surface area contributed by atoms with Gasteiger partial charge in [0, 0.05) is 25.2 Å². The van der Waals surface area contributed by atoms with E-state index in [0.29, 0.717) is 38.3 Å². The van der Waals surface area contributed by atoms with Gasteiger partial charge < -0.3 is 14.7 Å². The molecular weight excluding hydrogens is 284 g/mol. The smallest absolute Gasteiger partial charge is 0.303 e. The summed E-state index contributed by atoms with van der Waals surface area (Å²) >= 11 is 0. The number of carboxylic acids is 1. The molecule has 0 saturated carbocycles. The third-order valence-electron chi connectivity index (χ3n) is 3.46. The summed E-state index contributed by atoms with van der Waals surface area (Å²) in [6.45, 7) is 0.984. The first-order chi connectivity index (χ1) is 10.7. The predicted molar refractivity (Wildman–Crippen MR) is 80.5 cm³/mol. The summed E-state index contributed by atoms with van der Waals surface area (Å²) in [6.07, 6.45) is 7.50. The molecule has 6 nitrogen and oxygen atoms in total. The maximum absolute atomic E-state index is 11.6. The number of aliphatic carboxylic acids is 1. The van der Waals surface area contributed by atoms with Crippen LogP contribution in [0.25, 0.3) is 0 Å². The monoisotopic (exact) mass is 304 g/mol. The SMILES string of the molecule is O=C(O)CCC/C=C\CN1C(=O)C[C@@H]1COc1ccccn1. The van der Waals surface area contributed by atoms with Crippen LogP contribution in [-0.4, -0.2) is 46.1 Å². The highest BCUT2D eigenvalue weighted by Crippen LogP contribution is 2.20. The molecule has 1 aliphatic rings. The van der Waals surface area contributed by atoms with Crippen LogP contribution in [0.5, 0.6) is 5.88 Å². The van der Waals surface area contributed by atoms with Crippen molar-refractivity contribution in [2.24, 2.45) is 0 Å². The van der Waals surface area contributed by atoms with Crippen LogP contribution in [0.3, 0.4) is 0 Å². The van der Waals surface area contributed by atoms with E-state index in [0.717, 1.165) is 0 Å². The Kier molecular flexibility index (Phi) is 5.94. The summed E-state index contributed by atoms with van der Waals surface area (Å²) in [5.41, 5.74) is 0. The van der Waals surface area contributed by atoms with Gasteiger partial charge in [-0.15, -0.1) is 0 Å². The Morgan fingerprint density at radius 2 is 2.32 bits per heavy atom. The predicted octanol–water partition coefficient (Wildman–Crippen LogP) is 1.87. The number of rotatable bonds is 9. The van der Waals surface area contributed by atoms with Crippen molar-refractivity contribution in [2.75, 3.05) is 13.2 Å². The number of aromatic nitrogens is 1. The van der Waals surface area contributed by atoms with Crippen molar-refractivity contribution in [3.8, 4) is 5.88 Å². The van der Waals surface area contributed by atoms with Gasteiger partial charge in [-0.2, -0.15) is 0 Å². The van der Waals surface area contributed by atoms with Crippen molar-refractivity contribution in [1.82, 2.24) is 9.88 Å². The lowest BCUT2D eigenvalue weighted by atomic mass is 10.0. The van der Waals surface area contributed by atoms with Crippen LogP contribution in [0.1, 0.15) is 25.7 Å². The van der Waals surface area contributed by atoms with Gasteiger partial charge in [0.05, 0.1) is 12.5 Å². The first kappa shape index (κ1) is 16.0. The highest BCUT2D eigenvalue weighted by Gasteiger charge is 2.35. The zero-order valence-corrected chi connectivity index (χ0v) is 12.4. The van der Waals surface area contributed by atoms with E-state index in [4.69, 9.17) is 9.84 Å². The second-order valence-electron chi connectivity index (χ2n) is 5.14. The number of hydrogen-bond donors (Lipinski definition) is 1. The van der Waals surface area contributed by atoms with Gasteiger partial charge in [0.25, 0.3) is 0 Å². The second kappa shape index (κ2) is 8.17. The van der Waals surface area contributed by atoms with Crippen molar-refractivity contribution in [2.45, 2.75) is 31.7 Å². The van der Waals surface area contributed by atoms with Crippen LogP contribution in [0, 0.1) is 0 Å². The fraction of sp³-hybridized carbons (Fsp3) is 0.438. The summed E-state index contributed by atoms with van der Waals surface area (Å²) in [5.74, 6) is -0.103. The number of β-lactam (4-membered cyclic amide) rings is 1. The molecule has 1 aliphatic heterocycles.